The van der Waals surface area contributed by atoms with Gasteiger partial charge in [0.15, 0.2) is 0 Å². The van der Waals surface area contributed by atoms with Crippen LogP contribution >= 0.6 is 0 Å². The Morgan fingerprint density at radius 3 is 2.30 bits per heavy atom. The van der Waals surface area contributed by atoms with Gasteiger partial charge in [0, 0.05) is 13.0 Å². The minimum absolute atomic E-state index is 0.0989. The lowest BCUT2D eigenvalue weighted by Crippen LogP contribution is -2.33. The second-order valence-electron chi connectivity index (χ2n) is 9.05. The number of benzene rings is 2. The van der Waals surface area contributed by atoms with Gasteiger partial charge in [-0.15, -0.1) is 0 Å². The Labute approximate surface area is 199 Å². The first-order valence-corrected chi connectivity index (χ1v) is 13.2. The standard InChI is InChI=1S/C26H38N2O4S/c1-17(2)22-16-23(19(4)15-25(22)32-7)21(6)27-26(29)13-10-14-28(33(8,30)31)24-12-9-11-18(3)20(24)5/h9,11-12,15-17,21H,10,13-14H2,1-8H3,(H,27,29)/t21-/m0/s1. The fourth-order valence-electron chi connectivity index (χ4n) is 4.06. The summed E-state index contributed by atoms with van der Waals surface area (Å²) in [6.07, 6.45) is 1.88. The van der Waals surface area contributed by atoms with Crippen LogP contribution < -0.4 is 14.4 Å². The SMILES string of the molecule is COc1cc(C)c([C@H](C)NC(=O)CCCN(c2cccc(C)c2C)S(C)(=O)=O)cc1C(C)C. The molecule has 33 heavy (non-hydrogen) atoms. The number of anilines is 1. The Balaban J connectivity index is 2.07. The maximum absolute atomic E-state index is 12.7. The molecular formula is C26H38N2O4S. The van der Waals surface area contributed by atoms with Gasteiger partial charge in [-0.25, -0.2) is 8.42 Å². The van der Waals surface area contributed by atoms with Gasteiger partial charge in [-0.3, -0.25) is 9.10 Å². The number of hydrogen-bond acceptors (Lipinski definition) is 4. The van der Waals surface area contributed by atoms with Crippen molar-refractivity contribution in [2.45, 2.75) is 66.3 Å². The molecule has 0 bridgehead atoms. The lowest BCUT2D eigenvalue weighted by Gasteiger charge is -2.25. The third-order valence-electron chi connectivity index (χ3n) is 6.09. The van der Waals surface area contributed by atoms with Crippen LogP contribution in [0.25, 0.3) is 0 Å². The van der Waals surface area contributed by atoms with Crippen molar-refractivity contribution in [3.63, 3.8) is 0 Å². The maximum atomic E-state index is 12.7. The van der Waals surface area contributed by atoms with Crippen LogP contribution in [0.15, 0.2) is 30.3 Å². The zero-order valence-electron chi connectivity index (χ0n) is 21.2. The largest absolute Gasteiger partial charge is 0.496 e. The molecule has 0 saturated carbocycles. The molecule has 0 fully saturated rings. The predicted molar refractivity (Wildman–Crippen MR) is 136 cm³/mol. The van der Waals surface area contributed by atoms with E-state index in [-0.39, 0.29) is 24.9 Å². The van der Waals surface area contributed by atoms with Crippen LogP contribution in [0.2, 0.25) is 0 Å². The molecule has 0 spiro atoms. The smallest absolute Gasteiger partial charge is 0.232 e. The van der Waals surface area contributed by atoms with Crippen LogP contribution in [0.3, 0.4) is 0 Å². The number of aryl methyl sites for hydroxylation is 2. The molecule has 1 N–H and O–H groups in total. The number of nitrogens with one attached hydrogen (secondary N) is 1. The van der Waals surface area contributed by atoms with Crippen molar-refractivity contribution in [3.8, 4) is 5.75 Å². The summed E-state index contributed by atoms with van der Waals surface area (Å²) >= 11 is 0. The summed E-state index contributed by atoms with van der Waals surface area (Å²) in [5.74, 6) is 1.06. The summed E-state index contributed by atoms with van der Waals surface area (Å²) < 4.78 is 31.8. The van der Waals surface area contributed by atoms with E-state index < -0.39 is 10.0 Å². The molecule has 1 atom stereocenters. The molecule has 0 unspecified atom stereocenters. The Morgan fingerprint density at radius 2 is 1.73 bits per heavy atom. The van der Waals surface area contributed by atoms with Gasteiger partial charge in [-0.2, -0.15) is 0 Å². The number of nitrogens with zero attached hydrogens (tertiary/aromatic N) is 1. The third kappa shape index (κ3) is 6.73. The van der Waals surface area contributed by atoms with Gasteiger partial charge in [0.1, 0.15) is 5.75 Å². The van der Waals surface area contributed by atoms with Crippen molar-refractivity contribution >= 4 is 21.6 Å². The highest BCUT2D eigenvalue weighted by Crippen LogP contribution is 2.32. The van der Waals surface area contributed by atoms with Crippen LogP contribution in [0, 0.1) is 20.8 Å². The molecule has 7 heteroatoms. The number of hydrogen-bond donors (Lipinski definition) is 1. The summed E-state index contributed by atoms with van der Waals surface area (Å²) in [5.41, 5.74) is 5.85. The number of ether oxygens (including phenoxy) is 1. The molecule has 0 heterocycles. The second-order valence-corrected chi connectivity index (χ2v) is 11.0. The molecule has 2 aromatic carbocycles. The summed E-state index contributed by atoms with van der Waals surface area (Å²) in [6.45, 7) is 12.3. The monoisotopic (exact) mass is 474 g/mol. The van der Waals surface area contributed by atoms with E-state index in [9.17, 15) is 13.2 Å². The molecule has 0 aliphatic heterocycles. The lowest BCUT2D eigenvalue weighted by molar-refractivity contribution is -0.121. The van der Waals surface area contributed by atoms with Crippen LogP contribution in [-0.4, -0.2) is 34.2 Å². The van der Waals surface area contributed by atoms with E-state index in [1.807, 2.05) is 52.0 Å². The Kier molecular flexibility index (Phi) is 8.95. The zero-order valence-corrected chi connectivity index (χ0v) is 22.0. The first kappa shape index (κ1) is 26.7. The lowest BCUT2D eigenvalue weighted by atomic mass is 9.93. The maximum Gasteiger partial charge on any atom is 0.232 e. The molecule has 1 amide bonds. The fourth-order valence-corrected chi connectivity index (χ4v) is 5.07. The van der Waals surface area contributed by atoms with E-state index in [0.29, 0.717) is 18.0 Å². The quantitative estimate of drug-likeness (QED) is 0.516. The van der Waals surface area contributed by atoms with E-state index in [1.54, 1.807) is 7.11 Å². The molecule has 0 radical (unpaired) electrons. The Hall–Kier alpha value is -2.54. The number of carbonyl (C=O) groups is 1. The Morgan fingerprint density at radius 1 is 1.06 bits per heavy atom. The summed E-state index contributed by atoms with van der Waals surface area (Å²) in [4.78, 5) is 12.7. The first-order chi connectivity index (χ1) is 15.4. The van der Waals surface area contributed by atoms with Crippen molar-refractivity contribution in [3.05, 3.63) is 58.1 Å². The number of rotatable bonds is 10. The van der Waals surface area contributed by atoms with Crippen LogP contribution in [-0.2, 0) is 14.8 Å². The van der Waals surface area contributed by atoms with Gasteiger partial charge in [-0.05, 0) is 86.1 Å². The van der Waals surface area contributed by atoms with Gasteiger partial charge < -0.3 is 10.1 Å². The summed E-state index contributed by atoms with van der Waals surface area (Å²) in [6, 6.07) is 9.58. The zero-order chi connectivity index (χ0) is 24.9. The minimum Gasteiger partial charge on any atom is -0.496 e. The second kappa shape index (κ2) is 11.1. The van der Waals surface area contributed by atoms with Gasteiger partial charge in [0.05, 0.1) is 25.1 Å². The van der Waals surface area contributed by atoms with Gasteiger partial charge in [0.2, 0.25) is 15.9 Å². The highest BCUT2D eigenvalue weighted by atomic mass is 32.2. The van der Waals surface area contributed by atoms with E-state index in [4.69, 9.17) is 4.74 Å². The molecule has 0 aromatic heterocycles. The van der Waals surface area contributed by atoms with Gasteiger partial charge in [-0.1, -0.05) is 26.0 Å². The van der Waals surface area contributed by atoms with Crippen molar-refractivity contribution in [1.29, 1.82) is 0 Å². The molecule has 6 nitrogen and oxygen atoms in total. The summed E-state index contributed by atoms with van der Waals surface area (Å²) in [7, 11) is -1.79. The average Bonchev–Trinajstić information content (AvgIpc) is 2.72. The molecule has 0 aliphatic rings. The molecular weight excluding hydrogens is 436 g/mol. The topological polar surface area (TPSA) is 75.7 Å². The number of methoxy groups -OCH3 is 1. The summed E-state index contributed by atoms with van der Waals surface area (Å²) in [5, 5.41) is 3.07. The molecule has 0 aliphatic carbocycles. The minimum atomic E-state index is -3.46. The van der Waals surface area contributed by atoms with Crippen molar-refractivity contribution in [2.24, 2.45) is 0 Å². The van der Waals surface area contributed by atoms with E-state index in [2.05, 4.69) is 25.2 Å². The fraction of sp³-hybridized carbons (Fsp3) is 0.500. The van der Waals surface area contributed by atoms with Crippen molar-refractivity contribution in [2.75, 3.05) is 24.2 Å². The van der Waals surface area contributed by atoms with E-state index in [1.165, 1.54) is 10.6 Å². The van der Waals surface area contributed by atoms with E-state index in [0.717, 1.165) is 33.6 Å². The van der Waals surface area contributed by atoms with Crippen molar-refractivity contribution in [1.82, 2.24) is 5.32 Å². The van der Waals surface area contributed by atoms with Crippen molar-refractivity contribution < 1.29 is 17.9 Å². The molecule has 2 rings (SSSR count). The van der Waals surface area contributed by atoms with Crippen LogP contribution in [0.4, 0.5) is 5.69 Å². The van der Waals surface area contributed by atoms with Crippen LogP contribution in [0.5, 0.6) is 5.75 Å². The van der Waals surface area contributed by atoms with Gasteiger partial charge >= 0.3 is 0 Å². The first-order valence-electron chi connectivity index (χ1n) is 11.4. The number of amides is 1. The average molecular weight is 475 g/mol. The predicted octanol–water partition coefficient (Wildman–Crippen LogP) is 5.17. The number of carbonyl (C=O) groups excluding carboxylic acids is 1. The van der Waals surface area contributed by atoms with E-state index >= 15 is 0 Å². The van der Waals surface area contributed by atoms with Crippen LogP contribution in [0.1, 0.15) is 73.4 Å². The molecule has 182 valence electrons. The third-order valence-corrected chi connectivity index (χ3v) is 7.27. The number of sulfonamides is 1. The highest BCUT2D eigenvalue weighted by Gasteiger charge is 2.21. The van der Waals surface area contributed by atoms with Gasteiger partial charge in [0.25, 0.3) is 0 Å². The molecule has 2 aromatic rings. The molecule has 0 saturated heterocycles. The Bertz CT molecular complexity index is 1090. The normalized spacial score (nSPS) is 12.5. The highest BCUT2D eigenvalue weighted by molar-refractivity contribution is 7.92.